The molecule has 0 amide bonds. The summed E-state index contributed by atoms with van der Waals surface area (Å²) in [5, 5.41) is 0. The molecule has 6 rings (SSSR count). The van der Waals surface area contributed by atoms with Crippen LogP contribution in [0.1, 0.15) is 32.3 Å². The Hall–Kier alpha value is -1.28. The molecular formula is C21H26N2. The van der Waals surface area contributed by atoms with Gasteiger partial charge in [0.2, 0.25) is 0 Å². The van der Waals surface area contributed by atoms with E-state index in [-0.39, 0.29) is 0 Å². The lowest BCUT2D eigenvalue weighted by Gasteiger charge is -2.53. The Labute approximate surface area is 139 Å². The van der Waals surface area contributed by atoms with E-state index in [0.29, 0.717) is 16.4 Å². The average molecular weight is 306 g/mol. The van der Waals surface area contributed by atoms with Crippen molar-refractivity contribution >= 4 is 5.69 Å². The molecule has 3 aliphatic heterocycles. The van der Waals surface area contributed by atoms with Crippen molar-refractivity contribution in [2.75, 3.05) is 25.0 Å². The third-order valence-corrected chi connectivity index (χ3v) is 8.80. The Morgan fingerprint density at radius 3 is 2.87 bits per heavy atom. The maximum Gasteiger partial charge on any atom is 0.0572 e. The highest BCUT2D eigenvalue weighted by Crippen LogP contribution is 2.80. The van der Waals surface area contributed by atoms with E-state index in [1.807, 2.05) is 0 Å². The molecule has 120 valence electrons. The minimum Gasteiger partial charge on any atom is -0.367 e. The molecule has 1 aromatic rings. The summed E-state index contributed by atoms with van der Waals surface area (Å²) < 4.78 is 0. The molecule has 0 aromatic heterocycles. The molecule has 1 saturated heterocycles. The van der Waals surface area contributed by atoms with Gasteiger partial charge in [-0.3, -0.25) is 4.90 Å². The average Bonchev–Trinajstić information content (AvgIpc) is 3.18. The molecular weight excluding hydrogens is 280 g/mol. The second-order valence-corrected chi connectivity index (χ2v) is 8.86. The second-order valence-electron chi connectivity index (χ2n) is 8.86. The molecule has 5 aliphatic rings. The quantitative estimate of drug-likeness (QED) is 0.678. The Kier molecular flexibility index (Phi) is 2.01. The minimum atomic E-state index is 0.310. The van der Waals surface area contributed by atoms with Gasteiger partial charge in [-0.05, 0) is 42.9 Å². The van der Waals surface area contributed by atoms with Gasteiger partial charge >= 0.3 is 0 Å². The van der Waals surface area contributed by atoms with Crippen molar-refractivity contribution in [2.24, 2.45) is 17.3 Å². The monoisotopic (exact) mass is 306 g/mol. The van der Waals surface area contributed by atoms with Gasteiger partial charge in [0, 0.05) is 36.2 Å². The van der Waals surface area contributed by atoms with Crippen molar-refractivity contribution in [1.82, 2.24) is 4.90 Å². The van der Waals surface area contributed by atoms with Gasteiger partial charge in [-0.2, -0.15) is 0 Å². The molecule has 3 heterocycles. The second kappa shape index (κ2) is 3.54. The fourth-order valence-corrected chi connectivity index (χ4v) is 8.66. The summed E-state index contributed by atoms with van der Waals surface area (Å²) in [5.74, 6) is 1.49. The third-order valence-electron chi connectivity index (χ3n) is 8.80. The van der Waals surface area contributed by atoms with Crippen LogP contribution in [0.2, 0.25) is 0 Å². The van der Waals surface area contributed by atoms with Gasteiger partial charge < -0.3 is 4.90 Å². The van der Waals surface area contributed by atoms with Crippen LogP contribution in [0.3, 0.4) is 0 Å². The van der Waals surface area contributed by atoms with E-state index in [1.54, 1.807) is 5.56 Å². The SMILES string of the molecule is CC1CC23C=CCN4CCC5(c6ccccc6N(C)C15C2C)C43. The smallest absolute Gasteiger partial charge is 0.0572 e. The Morgan fingerprint density at radius 1 is 1.17 bits per heavy atom. The fourth-order valence-electron chi connectivity index (χ4n) is 8.66. The first-order valence-electron chi connectivity index (χ1n) is 9.36. The van der Waals surface area contributed by atoms with Crippen LogP contribution in [0.5, 0.6) is 0 Å². The van der Waals surface area contributed by atoms with Gasteiger partial charge in [0.25, 0.3) is 0 Å². The van der Waals surface area contributed by atoms with E-state index < -0.39 is 0 Å². The fraction of sp³-hybridized carbons (Fsp3) is 0.619. The molecule has 2 nitrogen and oxygen atoms in total. The highest BCUT2D eigenvalue weighted by molar-refractivity contribution is 5.72. The number of fused-ring (bicyclic) bond motifs is 1. The van der Waals surface area contributed by atoms with Crippen LogP contribution >= 0.6 is 0 Å². The molecule has 6 unspecified atom stereocenters. The molecule has 0 radical (unpaired) electrons. The van der Waals surface area contributed by atoms with Crippen LogP contribution in [0.15, 0.2) is 36.4 Å². The highest BCUT2D eigenvalue weighted by Gasteiger charge is 2.85. The molecule has 2 bridgehead atoms. The van der Waals surface area contributed by atoms with Gasteiger partial charge in [0.1, 0.15) is 0 Å². The summed E-state index contributed by atoms with van der Waals surface area (Å²) in [6.07, 6.45) is 7.83. The van der Waals surface area contributed by atoms with E-state index in [9.17, 15) is 0 Å². The summed E-state index contributed by atoms with van der Waals surface area (Å²) in [6.45, 7) is 7.55. The molecule has 0 N–H and O–H groups in total. The molecule has 6 atom stereocenters. The van der Waals surface area contributed by atoms with E-state index in [0.717, 1.165) is 24.4 Å². The summed E-state index contributed by atoms with van der Waals surface area (Å²) in [7, 11) is 2.39. The Morgan fingerprint density at radius 2 is 2.00 bits per heavy atom. The zero-order valence-corrected chi connectivity index (χ0v) is 14.4. The van der Waals surface area contributed by atoms with Crippen molar-refractivity contribution in [3.63, 3.8) is 0 Å². The summed E-state index contributed by atoms with van der Waals surface area (Å²) in [4.78, 5) is 5.54. The molecule has 23 heavy (non-hydrogen) atoms. The number of hydrogen-bond acceptors (Lipinski definition) is 2. The molecule has 3 spiro atoms. The standard InChI is InChI=1S/C21H26N2/c1-14-13-19-9-6-11-23-12-10-20(18(19)23)16-7-4-5-8-17(16)22(3)21(14,20)15(19)2/h4-9,14-15,18H,10-13H2,1-3H3. The number of likely N-dealkylation sites (N-methyl/N-ethyl adjacent to an activating group) is 1. The van der Waals surface area contributed by atoms with Crippen LogP contribution in [0, 0.1) is 17.3 Å². The van der Waals surface area contributed by atoms with Crippen molar-refractivity contribution < 1.29 is 0 Å². The first-order valence-corrected chi connectivity index (χ1v) is 9.36. The summed E-state index contributed by atoms with van der Waals surface area (Å²) >= 11 is 0. The van der Waals surface area contributed by atoms with Crippen molar-refractivity contribution in [2.45, 2.75) is 43.7 Å². The van der Waals surface area contributed by atoms with Gasteiger partial charge in [-0.1, -0.05) is 44.2 Å². The Bertz CT molecular complexity index is 754. The normalized spacial score (nSPS) is 52.0. The third kappa shape index (κ3) is 0.966. The van der Waals surface area contributed by atoms with Crippen LogP contribution in [-0.4, -0.2) is 36.6 Å². The first kappa shape index (κ1) is 13.1. The lowest BCUT2D eigenvalue weighted by Crippen LogP contribution is -2.63. The van der Waals surface area contributed by atoms with Crippen molar-refractivity contribution in [1.29, 1.82) is 0 Å². The first-order chi connectivity index (χ1) is 11.1. The van der Waals surface area contributed by atoms with Gasteiger partial charge in [-0.25, -0.2) is 0 Å². The molecule has 2 heteroatoms. The maximum absolute atomic E-state index is 2.82. The largest absolute Gasteiger partial charge is 0.367 e. The number of nitrogens with zero attached hydrogens (tertiary/aromatic N) is 2. The number of para-hydroxylation sites is 1. The predicted molar refractivity (Wildman–Crippen MR) is 93.8 cm³/mol. The number of anilines is 1. The van der Waals surface area contributed by atoms with E-state index in [2.05, 4.69) is 67.1 Å². The number of benzene rings is 1. The summed E-state index contributed by atoms with van der Waals surface area (Å²) in [6, 6.07) is 10.1. The van der Waals surface area contributed by atoms with Crippen molar-refractivity contribution in [3.05, 3.63) is 42.0 Å². The molecule has 1 aromatic carbocycles. The zero-order valence-electron chi connectivity index (χ0n) is 14.4. The van der Waals surface area contributed by atoms with Crippen LogP contribution in [0.25, 0.3) is 0 Å². The topological polar surface area (TPSA) is 6.48 Å². The van der Waals surface area contributed by atoms with Crippen LogP contribution < -0.4 is 4.90 Å². The van der Waals surface area contributed by atoms with Gasteiger partial charge in [0.15, 0.2) is 0 Å². The van der Waals surface area contributed by atoms with Gasteiger partial charge in [-0.15, -0.1) is 0 Å². The minimum absolute atomic E-state index is 0.310. The number of rotatable bonds is 0. The lowest BCUT2D eigenvalue weighted by atomic mass is 9.57. The zero-order chi connectivity index (χ0) is 15.6. The van der Waals surface area contributed by atoms with Crippen LogP contribution in [-0.2, 0) is 5.41 Å². The van der Waals surface area contributed by atoms with E-state index >= 15 is 0 Å². The van der Waals surface area contributed by atoms with Gasteiger partial charge in [0.05, 0.1) is 5.54 Å². The summed E-state index contributed by atoms with van der Waals surface area (Å²) in [5.41, 5.74) is 4.23. The molecule has 2 aliphatic carbocycles. The highest BCUT2D eigenvalue weighted by atomic mass is 15.3. The molecule has 2 saturated carbocycles. The molecule has 3 fully saturated rings. The lowest BCUT2D eigenvalue weighted by molar-refractivity contribution is 0.0762. The number of hydrogen-bond donors (Lipinski definition) is 0. The van der Waals surface area contributed by atoms with Crippen molar-refractivity contribution in [3.8, 4) is 0 Å². The van der Waals surface area contributed by atoms with E-state index in [1.165, 1.54) is 25.1 Å². The van der Waals surface area contributed by atoms with Crippen LogP contribution in [0.4, 0.5) is 5.69 Å². The van der Waals surface area contributed by atoms with E-state index in [4.69, 9.17) is 0 Å². The Balaban J connectivity index is 1.76. The maximum atomic E-state index is 2.82. The predicted octanol–water partition coefficient (Wildman–Crippen LogP) is 3.43.